The Bertz CT molecular complexity index is 1420. The number of ether oxygens (including phenoxy) is 1. The zero-order valence-corrected chi connectivity index (χ0v) is 20.7. The van der Waals surface area contributed by atoms with Crippen molar-refractivity contribution in [2.24, 2.45) is 0 Å². The van der Waals surface area contributed by atoms with Crippen molar-refractivity contribution in [1.82, 2.24) is 25.8 Å². The van der Waals surface area contributed by atoms with Gasteiger partial charge in [0.05, 0.1) is 13.7 Å². The van der Waals surface area contributed by atoms with Gasteiger partial charge in [-0.3, -0.25) is 14.9 Å². The van der Waals surface area contributed by atoms with E-state index in [1.165, 1.54) is 12.0 Å². The second-order valence-corrected chi connectivity index (χ2v) is 9.67. The number of carbonyl (C=O) groups excluding carboxylic acids is 3. The summed E-state index contributed by atoms with van der Waals surface area (Å²) in [7, 11) is 1.54. The van der Waals surface area contributed by atoms with Crippen LogP contribution in [0.5, 0.6) is 5.75 Å². The summed E-state index contributed by atoms with van der Waals surface area (Å²) in [5, 5.41) is 8.53. The lowest BCUT2D eigenvalue weighted by Gasteiger charge is -2.34. The first-order chi connectivity index (χ1) is 17.9. The van der Waals surface area contributed by atoms with Crippen molar-refractivity contribution >= 4 is 34.8 Å². The fourth-order valence-electron chi connectivity index (χ4n) is 5.34. The van der Waals surface area contributed by atoms with E-state index >= 15 is 0 Å². The van der Waals surface area contributed by atoms with Gasteiger partial charge in [0.1, 0.15) is 22.8 Å². The summed E-state index contributed by atoms with van der Waals surface area (Å²) in [5.74, 6) is 0.801. The number of furan rings is 1. The second-order valence-electron chi connectivity index (χ2n) is 9.67. The Labute approximate surface area is 213 Å². The van der Waals surface area contributed by atoms with Crippen LogP contribution in [0.25, 0.3) is 11.1 Å². The average Bonchev–Trinajstić information content (AvgIpc) is 3.57. The Morgan fingerprint density at radius 3 is 2.81 bits per heavy atom. The van der Waals surface area contributed by atoms with Crippen LogP contribution < -0.4 is 25.6 Å². The van der Waals surface area contributed by atoms with Crippen molar-refractivity contribution in [2.75, 3.05) is 38.2 Å². The summed E-state index contributed by atoms with van der Waals surface area (Å²) >= 11 is 0. The first-order valence-electron chi connectivity index (χ1n) is 12.4. The summed E-state index contributed by atoms with van der Waals surface area (Å²) in [4.78, 5) is 47.3. The third-order valence-corrected chi connectivity index (χ3v) is 7.42. The zero-order chi connectivity index (χ0) is 25.7. The number of amides is 4. The highest BCUT2D eigenvalue weighted by molar-refractivity contribution is 6.08. The molecule has 37 heavy (non-hydrogen) atoms. The van der Waals surface area contributed by atoms with E-state index in [-0.39, 0.29) is 18.2 Å². The zero-order valence-electron chi connectivity index (χ0n) is 20.7. The van der Waals surface area contributed by atoms with Crippen LogP contribution in [0.4, 0.5) is 10.6 Å². The Balaban J connectivity index is 1.33. The third-order valence-electron chi connectivity index (χ3n) is 7.42. The minimum Gasteiger partial charge on any atom is -0.497 e. The van der Waals surface area contributed by atoms with Gasteiger partial charge in [-0.25, -0.2) is 9.78 Å². The predicted molar refractivity (Wildman–Crippen MR) is 134 cm³/mol. The van der Waals surface area contributed by atoms with Crippen LogP contribution in [0.1, 0.15) is 35.0 Å². The van der Waals surface area contributed by atoms with Gasteiger partial charge in [-0.2, -0.15) is 0 Å². The number of carbonyl (C=O) groups is 3. The molecule has 0 radical (unpaired) electrons. The number of fused-ring (bicyclic) bond motifs is 2. The lowest BCUT2D eigenvalue weighted by Crippen LogP contribution is -2.52. The summed E-state index contributed by atoms with van der Waals surface area (Å²) in [6.07, 6.45) is 1.03. The number of rotatable bonds is 6. The Morgan fingerprint density at radius 1 is 1.19 bits per heavy atom. The van der Waals surface area contributed by atoms with Crippen molar-refractivity contribution in [2.45, 2.75) is 31.5 Å². The molecule has 3 aliphatic heterocycles. The number of nitrogens with one attached hydrogen (secondary N) is 3. The molecule has 2 unspecified atom stereocenters. The molecule has 2 atom stereocenters. The van der Waals surface area contributed by atoms with Gasteiger partial charge < -0.3 is 29.6 Å². The lowest BCUT2D eigenvalue weighted by molar-refractivity contribution is -0.125. The molecule has 2 saturated heterocycles. The number of anilines is 1. The average molecular weight is 505 g/mol. The maximum Gasteiger partial charge on any atom is 0.322 e. The van der Waals surface area contributed by atoms with Crippen molar-refractivity contribution in [3.05, 3.63) is 53.3 Å². The third kappa shape index (κ3) is 3.86. The molecule has 6 rings (SSSR count). The molecule has 5 heterocycles. The van der Waals surface area contributed by atoms with Crippen LogP contribution in [0.2, 0.25) is 0 Å². The quantitative estimate of drug-likeness (QED) is 0.433. The number of benzene rings is 1. The van der Waals surface area contributed by atoms with Crippen LogP contribution in [-0.4, -0.2) is 67.1 Å². The molecule has 0 aliphatic carbocycles. The van der Waals surface area contributed by atoms with Crippen LogP contribution >= 0.6 is 0 Å². The Morgan fingerprint density at radius 2 is 2.05 bits per heavy atom. The first-order valence-corrected chi connectivity index (χ1v) is 12.4. The van der Waals surface area contributed by atoms with Gasteiger partial charge in [0.25, 0.3) is 11.8 Å². The maximum absolute atomic E-state index is 13.2. The number of pyridine rings is 1. The molecule has 4 amide bonds. The second kappa shape index (κ2) is 8.77. The summed E-state index contributed by atoms with van der Waals surface area (Å²) in [6.45, 7) is 4.92. The molecule has 0 spiro atoms. The van der Waals surface area contributed by atoms with Crippen LogP contribution in [0.15, 0.2) is 40.8 Å². The standard InChI is InChI=1S/C26H28N6O5/c1-3-16-13-31(9-8-27-16)22-7-6-20-19(28-22)11-21(37-20)26(24(34)29-25(35)30-26)14-32-12-15-4-5-17(36-2)10-18(15)23(32)33/h4-7,10-11,16,27H,3,8-9,12-14H2,1-2H3,(H2,29,30,34,35). The summed E-state index contributed by atoms with van der Waals surface area (Å²) in [5.41, 5.74) is 0.824. The topological polar surface area (TPSA) is 129 Å². The van der Waals surface area contributed by atoms with Crippen molar-refractivity contribution < 1.29 is 23.5 Å². The smallest absolute Gasteiger partial charge is 0.322 e. The fourth-order valence-corrected chi connectivity index (χ4v) is 5.34. The molecule has 3 aromatic rings. The summed E-state index contributed by atoms with van der Waals surface area (Å²) < 4.78 is 11.3. The van der Waals surface area contributed by atoms with E-state index in [1.807, 2.05) is 18.2 Å². The number of piperazine rings is 1. The number of methoxy groups -OCH3 is 1. The monoisotopic (exact) mass is 504 g/mol. The first kappa shape index (κ1) is 23.3. The van der Waals surface area contributed by atoms with Gasteiger partial charge in [-0.15, -0.1) is 0 Å². The highest BCUT2D eigenvalue weighted by Gasteiger charge is 2.53. The van der Waals surface area contributed by atoms with E-state index in [2.05, 4.69) is 27.8 Å². The molecule has 2 aromatic heterocycles. The van der Waals surface area contributed by atoms with Crippen molar-refractivity contribution in [3.63, 3.8) is 0 Å². The molecular weight excluding hydrogens is 476 g/mol. The SMILES string of the molecule is CCC1CN(c2ccc3oc(C4(CN5Cc6ccc(OC)cc6C5=O)NC(=O)NC4=O)cc3n2)CCN1. The molecule has 3 N–H and O–H groups in total. The van der Waals surface area contributed by atoms with Gasteiger partial charge >= 0.3 is 6.03 Å². The van der Waals surface area contributed by atoms with Gasteiger partial charge in [-0.1, -0.05) is 13.0 Å². The molecule has 0 bridgehead atoms. The van der Waals surface area contributed by atoms with Crippen LogP contribution in [0.3, 0.4) is 0 Å². The number of imide groups is 1. The van der Waals surface area contributed by atoms with E-state index in [0.717, 1.165) is 37.4 Å². The molecule has 11 heteroatoms. The normalized spacial score (nSPS) is 23.4. The largest absolute Gasteiger partial charge is 0.497 e. The van der Waals surface area contributed by atoms with Gasteiger partial charge in [0.2, 0.25) is 0 Å². The minimum atomic E-state index is -1.58. The van der Waals surface area contributed by atoms with Gasteiger partial charge in [0.15, 0.2) is 11.1 Å². The van der Waals surface area contributed by atoms with Crippen LogP contribution in [-0.2, 0) is 16.9 Å². The number of urea groups is 1. The molecule has 11 nitrogen and oxygen atoms in total. The molecule has 1 aromatic carbocycles. The fraction of sp³-hybridized carbons (Fsp3) is 0.385. The van der Waals surface area contributed by atoms with Gasteiger partial charge in [-0.05, 0) is 36.2 Å². The number of aromatic nitrogens is 1. The molecule has 0 saturated carbocycles. The molecule has 2 fully saturated rings. The van der Waals surface area contributed by atoms with E-state index in [0.29, 0.717) is 35.0 Å². The Hall–Kier alpha value is -4.12. The number of nitrogens with zero attached hydrogens (tertiary/aromatic N) is 3. The van der Waals surface area contributed by atoms with E-state index < -0.39 is 17.5 Å². The number of hydrogen-bond donors (Lipinski definition) is 3. The predicted octanol–water partition coefficient (Wildman–Crippen LogP) is 1.72. The van der Waals surface area contributed by atoms with E-state index in [9.17, 15) is 14.4 Å². The number of hydrogen-bond acceptors (Lipinski definition) is 8. The van der Waals surface area contributed by atoms with E-state index in [4.69, 9.17) is 14.1 Å². The maximum atomic E-state index is 13.2. The lowest BCUT2D eigenvalue weighted by atomic mass is 9.95. The Kier molecular flexibility index (Phi) is 5.52. The highest BCUT2D eigenvalue weighted by atomic mass is 16.5. The van der Waals surface area contributed by atoms with Crippen molar-refractivity contribution in [1.29, 1.82) is 0 Å². The highest BCUT2D eigenvalue weighted by Crippen LogP contribution is 2.35. The summed E-state index contributed by atoms with van der Waals surface area (Å²) in [6, 6.07) is 10.5. The molecule has 192 valence electrons. The van der Waals surface area contributed by atoms with Crippen LogP contribution in [0, 0.1) is 0 Å². The minimum absolute atomic E-state index is 0.0942. The van der Waals surface area contributed by atoms with Crippen molar-refractivity contribution in [3.8, 4) is 5.75 Å². The van der Waals surface area contributed by atoms with Gasteiger partial charge in [0, 0.05) is 43.9 Å². The van der Waals surface area contributed by atoms with E-state index in [1.54, 1.807) is 18.2 Å². The molecule has 3 aliphatic rings. The molecular formula is C26H28N6O5.